The molecule has 0 aromatic heterocycles. The number of urea groups is 1. The fraction of sp³-hybridized carbons (Fsp3) is 0.429. The van der Waals surface area contributed by atoms with E-state index < -0.39 is 18.0 Å². The van der Waals surface area contributed by atoms with Gasteiger partial charge < -0.3 is 15.4 Å². The number of benzene rings is 1. The summed E-state index contributed by atoms with van der Waals surface area (Å²) in [6, 6.07) is 6.39. The highest BCUT2D eigenvalue weighted by molar-refractivity contribution is 7.98. The van der Waals surface area contributed by atoms with E-state index in [-0.39, 0.29) is 0 Å². The van der Waals surface area contributed by atoms with Gasteiger partial charge in [-0.15, -0.1) is 0 Å². The summed E-state index contributed by atoms with van der Waals surface area (Å²) >= 11 is 1.61. The van der Waals surface area contributed by atoms with Crippen molar-refractivity contribution in [1.82, 2.24) is 5.32 Å². The Bertz CT molecular complexity index is 448. The van der Waals surface area contributed by atoms with Crippen LogP contribution in [-0.2, 0) is 9.53 Å². The van der Waals surface area contributed by atoms with E-state index in [0.29, 0.717) is 12.1 Å². The van der Waals surface area contributed by atoms with Crippen LogP contribution in [0.4, 0.5) is 10.5 Å². The van der Waals surface area contributed by atoms with Crippen molar-refractivity contribution < 1.29 is 14.3 Å². The van der Waals surface area contributed by atoms with E-state index in [1.807, 2.05) is 37.4 Å². The van der Waals surface area contributed by atoms with E-state index in [2.05, 4.69) is 15.4 Å². The highest BCUT2D eigenvalue weighted by atomic mass is 32.2. The molecule has 0 aliphatic rings. The topological polar surface area (TPSA) is 67.4 Å². The van der Waals surface area contributed by atoms with Gasteiger partial charge >= 0.3 is 12.0 Å². The molecular weight excluding hydrogens is 276 g/mol. The molecule has 0 saturated heterocycles. The molecule has 0 saturated carbocycles. The van der Waals surface area contributed by atoms with Crippen LogP contribution >= 0.6 is 11.8 Å². The number of methoxy groups -OCH3 is 1. The van der Waals surface area contributed by atoms with E-state index >= 15 is 0 Å². The molecule has 20 heavy (non-hydrogen) atoms. The summed E-state index contributed by atoms with van der Waals surface area (Å²) in [6.45, 7) is 1.97. The first-order chi connectivity index (χ1) is 9.56. The van der Waals surface area contributed by atoms with E-state index in [1.165, 1.54) is 7.11 Å². The van der Waals surface area contributed by atoms with Crippen molar-refractivity contribution in [2.45, 2.75) is 19.4 Å². The number of esters is 1. The van der Waals surface area contributed by atoms with Crippen molar-refractivity contribution in [3.8, 4) is 0 Å². The van der Waals surface area contributed by atoms with Crippen molar-refractivity contribution in [2.75, 3.05) is 24.4 Å². The zero-order valence-corrected chi connectivity index (χ0v) is 12.8. The minimum atomic E-state index is -0.627. The number of ether oxygens (including phenoxy) is 1. The summed E-state index contributed by atoms with van der Waals surface area (Å²) in [5.41, 5.74) is 1.80. The zero-order valence-electron chi connectivity index (χ0n) is 11.9. The van der Waals surface area contributed by atoms with Crippen LogP contribution in [0.5, 0.6) is 0 Å². The molecule has 0 heterocycles. The molecule has 1 atom stereocenters. The van der Waals surface area contributed by atoms with Crippen molar-refractivity contribution in [1.29, 1.82) is 0 Å². The lowest BCUT2D eigenvalue weighted by Gasteiger charge is -2.16. The Kier molecular flexibility index (Phi) is 6.93. The first-order valence-corrected chi connectivity index (χ1v) is 7.67. The Labute approximate surface area is 123 Å². The monoisotopic (exact) mass is 296 g/mol. The van der Waals surface area contributed by atoms with Gasteiger partial charge in [-0.3, -0.25) is 0 Å². The molecule has 2 N–H and O–H groups in total. The van der Waals surface area contributed by atoms with Gasteiger partial charge in [0.05, 0.1) is 7.11 Å². The zero-order chi connectivity index (χ0) is 15.0. The van der Waals surface area contributed by atoms with E-state index in [9.17, 15) is 9.59 Å². The number of hydrogen-bond acceptors (Lipinski definition) is 4. The van der Waals surface area contributed by atoms with Gasteiger partial charge in [-0.2, -0.15) is 11.8 Å². The second kappa shape index (κ2) is 8.47. The molecule has 1 rings (SSSR count). The average molecular weight is 296 g/mol. The molecule has 0 unspecified atom stereocenters. The van der Waals surface area contributed by atoms with Crippen LogP contribution in [0, 0.1) is 6.92 Å². The molecule has 1 aromatic rings. The number of carbonyl (C=O) groups is 2. The van der Waals surface area contributed by atoms with Gasteiger partial charge in [-0.05, 0) is 37.5 Å². The predicted molar refractivity (Wildman–Crippen MR) is 82.1 cm³/mol. The van der Waals surface area contributed by atoms with Gasteiger partial charge in [0, 0.05) is 5.69 Å². The fourth-order valence-electron chi connectivity index (χ4n) is 1.59. The number of nitrogens with one attached hydrogen (secondary N) is 2. The van der Waals surface area contributed by atoms with Gasteiger partial charge in [0.2, 0.25) is 0 Å². The second-order valence-electron chi connectivity index (χ2n) is 4.32. The minimum absolute atomic E-state index is 0.412. The summed E-state index contributed by atoms with van der Waals surface area (Å²) in [5, 5.41) is 5.32. The first kappa shape index (κ1) is 16.4. The molecule has 2 amide bonds. The maximum atomic E-state index is 11.9. The molecule has 0 aliphatic heterocycles. The molecule has 0 radical (unpaired) electrons. The second-order valence-corrected chi connectivity index (χ2v) is 5.31. The van der Waals surface area contributed by atoms with Crippen molar-refractivity contribution in [3.05, 3.63) is 29.8 Å². The van der Waals surface area contributed by atoms with Crippen molar-refractivity contribution in [2.24, 2.45) is 0 Å². The number of carbonyl (C=O) groups excluding carboxylic acids is 2. The van der Waals surface area contributed by atoms with Crippen molar-refractivity contribution >= 4 is 29.4 Å². The Hall–Kier alpha value is -1.69. The Morgan fingerprint density at radius 2 is 1.95 bits per heavy atom. The van der Waals surface area contributed by atoms with Gasteiger partial charge in [0.15, 0.2) is 0 Å². The Morgan fingerprint density at radius 1 is 1.30 bits per heavy atom. The Morgan fingerprint density at radius 3 is 2.50 bits per heavy atom. The minimum Gasteiger partial charge on any atom is -0.467 e. The number of rotatable bonds is 6. The number of amides is 2. The number of hydrogen-bond donors (Lipinski definition) is 2. The third-order valence-corrected chi connectivity index (χ3v) is 3.36. The lowest BCUT2D eigenvalue weighted by atomic mass is 10.2. The maximum Gasteiger partial charge on any atom is 0.328 e. The van der Waals surface area contributed by atoms with Gasteiger partial charge in [0.1, 0.15) is 6.04 Å². The van der Waals surface area contributed by atoms with Crippen LogP contribution in [0.3, 0.4) is 0 Å². The Balaban J connectivity index is 2.56. The third-order valence-electron chi connectivity index (χ3n) is 2.71. The predicted octanol–water partition coefficient (Wildman–Crippen LogP) is 2.41. The lowest BCUT2D eigenvalue weighted by molar-refractivity contribution is -0.142. The number of thioether (sulfide) groups is 1. The maximum absolute atomic E-state index is 11.9. The van der Waals surface area contributed by atoms with Crippen LogP contribution in [-0.4, -0.2) is 37.2 Å². The summed E-state index contributed by atoms with van der Waals surface area (Å²) in [7, 11) is 1.31. The summed E-state index contributed by atoms with van der Waals surface area (Å²) in [4.78, 5) is 23.4. The van der Waals surface area contributed by atoms with Crippen molar-refractivity contribution in [3.63, 3.8) is 0 Å². The van der Waals surface area contributed by atoms with Gasteiger partial charge in [-0.25, -0.2) is 9.59 Å². The van der Waals surface area contributed by atoms with E-state index in [4.69, 9.17) is 0 Å². The van der Waals surface area contributed by atoms with E-state index in [1.54, 1.807) is 11.8 Å². The van der Waals surface area contributed by atoms with Crippen LogP contribution < -0.4 is 10.6 Å². The molecule has 0 aliphatic carbocycles. The standard InChI is InChI=1S/C14H20N2O3S/c1-10-4-6-11(7-5-10)15-14(18)16-12(8-9-20-3)13(17)19-2/h4-7,12H,8-9H2,1-3H3,(H2,15,16,18)/t12-/m0/s1. The van der Waals surface area contributed by atoms with Crippen LogP contribution in [0.25, 0.3) is 0 Å². The van der Waals surface area contributed by atoms with Crippen LogP contribution in [0.1, 0.15) is 12.0 Å². The summed E-state index contributed by atoms with van der Waals surface area (Å²) < 4.78 is 4.69. The van der Waals surface area contributed by atoms with E-state index in [0.717, 1.165) is 11.3 Å². The first-order valence-electron chi connectivity index (χ1n) is 6.27. The molecule has 6 heteroatoms. The smallest absolute Gasteiger partial charge is 0.328 e. The van der Waals surface area contributed by atoms with Crippen LogP contribution in [0.2, 0.25) is 0 Å². The molecular formula is C14H20N2O3S. The molecule has 1 aromatic carbocycles. The van der Waals surface area contributed by atoms with Crippen LogP contribution in [0.15, 0.2) is 24.3 Å². The fourth-order valence-corrected chi connectivity index (χ4v) is 2.06. The third kappa shape index (κ3) is 5.52. The SMILES string of the molecule is COC(=O)[C@H](CCSC)NC(=O)Nc1ccc(C)cc1. The summed E-state index contributed by atoms with van der Waals surface area (Å²) in [6.07, 6.45) is 2.48. The van der Waals surface area contributed by atoms with Gasteiger partial charge in [-0.1, -0.05) is 17.7 Å². The molecule has 110 valence electrons. The van der Waals surface area contributed by atoms with Gasteiger partial charge in [0.25, 0.3) is 0 Å². The highest BCUT2D eigenvalue weighted by Crippen LogP contribution is 2.09. The summed E-state index contributed by atoms with van der Waals surface area (Å²) in [5.74, 6) is 0.336. The largest absolute Gasteiger partial charge is 0.467 e. The molecule has 0 spiro atoms. The highest BCUT2D eigenvalue weighted by Gasteiger charge is 2.20. The molecule has 0 bridgehead atoms. The average Bonchev–Trinajstić information content (AvgIpc) is 2.45. The normalized spacial score (nSPS) is 11.6. The number of anilines is 1. The molecule has 5 nitrogen and oxygen atoms in total. The quantitative estimate of drug-likeness (QED) is 0.791. The number of aryl methyl sites for hydroxylation is 1. The molecule has 0 fully saturated rings. The lowest BCUT2D eigenvalue weighted by Crippen LogP contribution is -2.44.